The smallest absolute Gasteiger partial charge is 0.0795 e. The van der Waals surface area contributed by atoms with Gasteiger partial charge >= 0.3 is 0 Å². The van der Waals surface area contributed by atoms with E-state index in [9.17, 15) is 0 Å². The van der Waals surface area contributed by atoms with Gasteiger partial charge in [-0.1, -0.05) is 6.07 Å². The minimum Gasteiger partial charge on any atom is -0.297 e. The molecule has 2 aromatic heterocycles. The van der Waals surface area contributed by atoms with Gasteiger partial charge in [0, 0.05) is 29.9 Å². The maximum atomic E-state index is 4.64. The summed E-state index contributed by atoms with van der Waals surface area (Å²) in [6.07, 6.45) is 3.72. The Kier molecular flexibility index (Phi) is 4.43. The van der Waals surface area contributed by atoms with Crippen LogP contribution in [0.2, 0.25) is 0 Å². The summed E-state index contributed by atoms with van der Waals surface area (Å²) in [5, 5.41) is 2.16. The van der Waals surface area contributed by atoms with E-state index >= 15 is 0 Å². The van der Waals surface area contributed by atoms with Gasteiger partial charge in [0.1, 0.15) is 0 Å². The Morgan fingerprint density at radius 2 is 2.30 bits per heavy atom. The predicted octanol–water partition coefficient (Wildman–Crippen LogP) is 3.30. The van der Waals surface area contributed by atoms with E-state index in [1.165, 1.54) is 37.3 Å². The SMILES string of the molecule is Cc1cccc(C[C@@H]2CCCN(Cc3cscn3)C2)n1. The lowest BCUT2D eigenvalue weighted by Crippen LogP contribution is -2.35. The molecular formula is C16H21N3S. The molecule has 1 saturated heterocycles. The third kappa shape index (κ3) is 3.64. The first-order chi connectivity index (χ1) is 9.79. The van der Waals surface area contributed by atoms with Crippen LogP contribution < -0.4 is 0 Å². The lowest BCUT2D eigenvalue weighted by atomic mass is 9.93. The van der Waals surface area contributed by atoms with Gasteiger partial charge in [0.25, 0.3) is 0 Å². The van der Waals surface area contributed by atoms with Crippen molar-refractivity contribution in [2.75, 3.05) is 13.1 Å². The standard InChI is InChI=1S/C16H21N3S/c1-13-4-2-6-15(18-13)8-14-5-3-7-19(9-14)10-16-11-20-12-17-16/h2,4,6,11-12,14H,3,5,7-10H2,1H3/t14-/m0/s1. The molecule has 0 N–H and O–H groups in total. The lowest BCUT2D eigenvalue weighted by molar-refractivity contribution is 0.165. The average Bonchev–Trinajstić information content (AvgIpc) is 2.92. The topological polar surface area (TPSA) is 29.0 Å². The molecule has 2 aromatic rings. The predicted molar refractivity (Wildman–Crippen MR) is 82.8 cm³/mol. The number of piperidine rings is 1. The summed E-state index contributed by atoms with van der Waals surface area (Å²) in [6, 6.07) is 6.35. The van der Waals surface area contributed by atoms with Gasteiger partial charge in [-0.2, -0.15) is 0 Å². The summed E-state index contributed by atoms with van der Waals surface area (Å²) in [5.74, 6) is 0.733. The summed E-state index contributed by atoms with van der Waals surface area (Å²) in [4.78, 5) is 11.6. The zero-order chi connectivity index (χ0) is 13.8. The van der Waals surface area contributed by atoms with Crippen LogP contribution in [0, 0.1) is 12.8 Å². The Labute approximate surface area is 124 Å². The van der Waals surface area contributed by atoms with Crippen LogP contribution in [0.1, 0.15) is 29.9 Å². The van der Waals surface area contributed by atoms with E-state index < -0.39 is 0 Å². The Bertz CT molecular complexity index is 538. The number of hydrogen-bond acceptors (Lipinski definition) is 4. The first-order valence-electron chi connectivity index (χ1n) is 7.31. The lowest BCUT2D eigenvalue weighted by Gasteiger charge is -2.32. The Morgan fingerprint density at radius 3 is 3.10 bits per heavy atom. The summed E-state index contributed by atoms with van der Waals surface area (Å²) in [5.41, 5.74) is 5.50. The molecule has 106 valence electrons. The molecule has 0 saturated carbocycles. The van der Waals surface area contributed by atoms with Crippen molar-refractivity contribution in [3.05, 3.63) is 46.2 Å². The molecule has 20 heavy (non-hydrogen) atoms. The number of nitrogens with zero attached hydrogens (tertiary/aromatic N) is 3. The van der Waals surface area contributed by atoms with Crippen molar-refractivity contribution < 1.29 is 0 Å². The zero-order valence-corrected chi connectivity index (χ0v) is 12.8. The van der Waals surface area contributed by atoms with Crippen LogP contribution in [0.25, 0.3) is 0 Å². The van der Waals surface area contributed by atoms with E-state index in [2.05, 4.69) is 45.4 Å². The van der Waals surface area contributed by atoms with Crippen molar-refractivity contribution in [2.45, 2.75) is 32.7 Å². The summed E-state index contributed by atoms with van der Waals surface area (Å²) in [7, 11) is 0. The molecule has 3 nitrogen and oxygen atoms in total. The molecule has 0 radical (unpaired) electrons. The van der Waals surface area contributed by atoms with Crippen LogP contribution >= 0.6 is 11.3 Å². The number of aromatic nitrogens is 2. The maximum absolute atomic E-state index is 4.64. The molecule has 3 heterocycles. The first kappa shape index (κ1) is 13.7. The highest BCUT2D eigenvalue weighted by Crippen LogP contribution is 2.21. The molecule has 1 aliphatic rings. The number of rotatable bonds is 4. The second-order valence-corrected chi connectivity index (χ2v) is 6.42. The largest absolute Gasteiger partial charge is 0.297 e. The van der Waals surface area contributed by atoms with Gasteiger partial charge in [-0.05, 0) is 50.8 Å². The molecule has 0 aliphatic carbocycles. The second kappa shape index (κ2) is 6.46. The van der Waals surface area contributed by atoms with Gasteiger partial charge in [0.2, 0.25) is 0 Å². The fraction of sp³-hybridized carbons (Fsp3) is 0.500. The first-order valence-corrected chi connectivity index (χ1v) is 8.26. The second-order valence-electron chi connectivity index (χ2n) is 5.70. The summed E-state index contributed by atoms with van der Waals surface area (Å²) < 4.78 is 0. The summed E-state index contributed by atoms with van der Waals surface area (Å²) in [6.45, 7) is 5.45. The average molecular weight is 287 g/mol. The fourth-order valence-corrected chi connectivity index (χ4v) is 3.56. The number of aryl methyl sites for hydroxylation is 1. The normalized spacial score (nSPS) is 20.1. The van der Waals surface area contributed by atoms with Crippen molar-refractivity contribution in [3.8, 4) is 0 Å². The number of thiazole rings is 1. The number of hydrogen-bond donors (Lipinski definition) is 0. The molecule has 0 amide bonds. The van der Waals surface area contributed by atoms with Crippen molar-refractivity contribution in [2.24, 2.45) is 5.92 Å². The number of likely N-dealkylation sites (tertiary alicyclic amines) is 1. The molecule has 0 bridgehead atoms. The maximum Gasteiger partial charge on any atom is 0.0795 e. The van der Waals surface area contributed by atoms with Gasteiger partial charge in [-0.3, -0.25) is 9.88 Å². The van der Waals surface area contributed by atoms with E-state index in [1.54, 1.807) is 11.3 Å². The van der Waals surface area contributed by atoms with Crippen LogP contribution in [0.3, 0.4) is 0 Å². The van der Waals surface area contributed by atoms with Crippen LogP contribution in [-0.2, 0) is 13.0 Å². The van der Waals surface area contributed by atoms with E-state index in [0.717, 1.165) is 24.6 Å². The van der Waals surface area contributed by atoms with Crippen molar-refractivity contribution in [3.63, 3.8) is 0 Å². The van der Waals surface area contributed by atoms with Gasteiger partial charge < -0.3 is 0 Å². The van der Waals surface area contributed by atoms with E-state index in [-0.39, 0.29) is 0 Å². The van der Waals surface area contributed by atoms with E-state index in [1.807, 2.05) is 5.51 Å². The van der Waals surface area contributed by atoms with Gasteiger partial charge in [-0.15, -0.1) is 11.3 Å². The Balaban J connectivity index is 1.57. The zero-order valence-electron chi connectivity index (χ0n) is 12.0. The minimum absolute atomic E-state index is 0.733. The van der Waals surface area contributed by atoms with Crippen LogP contribution in [0.5, 0.6) is 0 Å². The van der Waals surface area contributed by atoms with Crippen LogP contribution in [-0.4, -0.2) is 28.0 Å². The Morgan fingerprint density at radius 1 is 1.35 bits per heavy atom. The minimum atomic E-state index is 0.733. The highest BCUT2D eigenvalue weighted by Gasteiger charge is 2.21. The Hall–Kier alpha value is -1.26. The third-order valence-corrected chi connectivity index (χ3v) is 4.55. The van der Waals surface area contributed by atoms with Crippen LogP contribution in [0.4, 0.5) is 0 Å². The molecule has 0 unspecified atom stereocenters. The molecule has 1 aliphatic heterocycles. The summed E-state index contributed by atoms with van der Waals surface area (Å²) >= 11 is 1.69. The van der Waals surface area contributed by atoms with Crippen molar-refractivity contribution in [1.29, 1.82) is 0 Å². The van der Waals surface area contributed by atoms with Gasteiger partial charge in [-0.25, -0.2) is 4.98 Å². The quantitative estimate of drug-likeness (QED) is 0.864. The molecule has 4 heteroatoms. The molecule has 1 fully saturated rings. The third-order valence-electron chi connectivity index (χ3n) is 3.92. The van der Waals surface area contributed by atoms with Gasteiger partial charge in [0.05, 0.1) is 11.2 Å². The van der Waals surface area contributed by atoms with Crippen LogP contribution in [0.15, 0.2) is 29.1 Å². The molecule has 0 aromatic carbocycles. The molecular weight excluding hydrogens is 266 g/mol. The molecule has 1 atom stereocenters. The van der Waals surface area contributed by atoms with Gasteiger partial charge in [0.15, 0.2) is 0 Å². The molecule has 0 spiro atoms. The van der Waals surface area contributed by atoms with Crippen molar-refractivity contribution >= 4 is 11.3 Å². The van der Waals surface area contributed by atoms with Crippen molar-refractivity contribution in [1.82, 2.24) is 14.9 Å². The fourth-order valence-electron chi connectivity index (χ4n) is 3.02. The molecule has 3 rings (SSSR count). The number of pyridine rings is 1. The highest BCUT2D eigenvalue weighted by atomic mass is 32.1. The van der Waals surface area contributed by atoms with E-state index in [4.69, 9.17) is 0 Å². The van der Waals surface area contributed by atoms with E-state index in [0.29, 0.717) is 0 Å². The monoisotopic (exact) mass is 287 g/mol. The highest BCUT2D eigenvalue weighted by molar-refractivity contribution is 7.07.